The van der Waals surface area contributed by atoms with Gasteiger partial charge in [0, 0.05) is 37.1 Å². The molecule has 3 aliphatic rings. The van der Waals surface area contributed by atoms with Crippen molar-refractivity contribution in [1.82, 2.24) is 14.7 Å². The normalized spacial score (nSPS) is 21.1. The first kappa shape index (κ1) is 21.5. The SMILES string of the molecule is CCN1C(=O)N(C2Cc3ccccc3C2)C(=O)C12CCN(Cc1ccc(SC)cc1)CC2. The molecule has 2 heterocycles. The summed E-state index contributed by atoms with van der Waals surface area (Å²) in [4.78, 5) is 34.3. The van der Waals surface area contributed by atoms with Gasteiger partial charge in [-0.2, -0.15) is 0 Å². The third-order valence-electron chi connectivity index (χ3n) is 7.53. The highest BCUT2D eigenvalue weighted by atomic mass is 32.2. The van der Waals surface area contributed by atoms with Crippen LogP contribution in [-0.2, 0) is 24.2 Å². The van der Waals surface area contributed by atoms with Gasteiger partial charge in [-0.3, -0.25) is 14.6 Å². The highest BCUT2D eigenvalue weighted by Crippen LogP contribution is 2.40. The molecule has 168 valence electrons. The molecule has 32 heavy (non-hydrogen) atoms. The van der Waals surface area contributed by atoms with Gasteiger partial charge in [0.25, 0.3) is 5.91 Å². The average Bonchev–Trinajstić information content (AvgIpc) is 3.32. The number of amides is 3. The highest BCUT2D eigenvalue weighted by molar-refractivity contribution is 7.98. The van der Waals surface area contributed by atoms with Crippen LogP contribution in [0.15, 0.2) is 53.4 Å². The van der Waals surface area contributed by atoms with E-state index in [1.54, 1.807) is 16.7 Å². The van der Waals surface area contributed by atoms with Crippen LogP contribution in [-0.4, -0.2) is 64.1 Å². The second kappa shape index (κ2) is 8.56. The van der Waals surface area contributed by atoms with Gasteiger partial charge in [0.1, 0.15) is 5.54 Å². The summed E-state index contributed by atoms with van der Waals surface area (Å²) in [6.45, 7) is 5.13. The number of urea groups is 1. The van der Waals surface area contributed by atoms with E-state index in [4.69, 9.17) is 0 Å². The smallest absolute Gasteiger partial charge is 0.310 e. The van der Waals surface area contributed by atoms with Crippen LogP contribution in [0.1, 0.15) is 36.5 Å². The van der Waals surface area contributed by atoms with Crippen molar-refractivity contribution in [1.29, 1.82) is 0 Å². The molecule has 2 aromatic carbocycles. The minimum absolute atomic E-state index is 0.0335. The number of imide groups is 1. The molecule has 3 amide bonds. The number of thioether (sulfide) groups is 1. The first-order valence-electron chi connectivity index (χ1n) is 11.6. The predicted octanol–water partition coefficient (Wildman–Crippen LogP) is 4.19. The number of rotatable bonds is 5. The minimum Gasteiger partial charge on any atom is -0.310 e. The number of nitrogens with zero attached hydrogens (tertiary/aromatic N) is 3. The lowest BCUT2D eigenvalue weighted by atomic mass is 9.85. The van der Waals surface area contributed by atoms with Crippen LogP contribution in [0.3, 0.4) is 0 Å². The van der Waals surface area contributed by atoms with E-state index in [1.165, 1.54) is 21.6 Å². The van der Waals surface area contributed by atoms with Gasteiger partial charge in [0.2, 0.25) is 0 Å². The summed E-state index contributed by atoms with van der Waals surface area (Å²) in [5, 5.41) is 0. The molecule has 0 atom stereocenters. The van der Waals surface area contributed by atoms with Crippen molar-refractivity contribution in [2.24, 2.45) is 0 Å². The van der Waals surface area contributed by atoms with E-state index in [0.717, 1.165) is 32.5 Å². The van der Waals surface area contributed by atoms with Crippen LogP contribution in [0.4, 0.5) is 4.79 Å². The molecule has 0 bridgehead atoms. The zero-order valence-electron chi connectivity index (χ0n) is 18.9. The van der Waals surface area contributed by atoms with Crippen molar-refractivity contribution in [2.45, 2.75) is 55.6 Å². The molecule has 2 aliphatic heterocycles. The van der Waals surface area contributed by atoms with Crippen LogP contribution in [0.5, 0.6) is 0 Å². The second-order valence-electron chi connectivity index (χ2n) is 9.19. The van der Waals surface area contributed by atoms with Gasteiger partial charge in [0.15, 0.2) is 0 Å². The Kier molecular flexibility index (Phi) is 5.76. The molecule has 5 rings (SSSR count). The van der Waals surface area contributed by atoms with Crippen LogP contribution in [0, 0.1) is 0 Å². The van der Waals surface area contributed by atoms with Gasteiger partial charge in [-0.1, -0.05) is 36.4 Å². The topological polar surface area (TPSA) is 43.9 Å². The standard InChI is InChI=1S/C26H31N3O2S/c1-3-28-25(31)29(22-16-20-6-4-5-7-21(20)17-22)24(30)26(28)12-14-27(15-13-26)18-19-8-10-23(32-2)11-9-19/h4-11,22H,3,12-18H2,1-2H3. The van der Waals surface area contributed by atoms with Gasteiger partial charge >= 0.3 is 6.03 Å². The predicted molar refractivity (Wildman–Crippen MR) is 128 cm³/mol. The van der Waals surface area contributed by atoms with E-state index in [9.17, 15) is 9.59 Å². The molecule has 1 spiro atoms. The maximum absolute atomic E-state index is 13.8. The Morgan fingerprint density at radius 1 is 0.969 bits per heavy atom. The summed E-state index contributed by atoms with van der Waals surface area (Å²) in [6, 6.07) is 16.9. The Labute approximate surface area is 194 Å². The van der Waals surface area contributed by atoms with Gasteiger partial charge in [-0.05, 0) is 67.7 Å². The van der Waals surface area contributed by atoms with Crippen molar-refractivity contribution in [2.75, 3.05) is 25.9 Å². The lowest BCUT2D eigenvalue weighted by molar-refractivity contribution is -0.137. The molecular weight excluding hydrogens is 418 g/mol. The van der Waals surface area contributed by atoms with Gasteiger partial charge < -0.3 is 4.90 Å². The van der Waals surface area contributed by atoms with Crippen molar-refractivity contribution < 1.29 is 9.59 Å². The van der Waals surface area contributed by atoms with Gasteiger partial charge in [-0.25, -0.2) is 4.79 Å². The molecule has 6 heteroatoms. The molecule has 2 saturated heterocycles. The number of benzene rings is 2. The largest absolute Gasteiger partial charge is 0.327 e. The van der Waals surface area contributed by atoms with E-state index >= 15 is 0 Å². The van der Waals surface area contributed by atoms with E-state index in [1.807, 2.05) is 24.0 Å². The molecule has 5 nitrogen and oxygen atoms in total. The molecule has 0 aromatic heterocycles. The number of carbonyl (C=O) groups is 2. The number of likely N-dealkylation sites (tertiary alicyclic amines) is 1. The Bertz CT molecular complexity index is 989. The average molecular weight is 450 g/mol. The lowest BCUT2D eigenvalue weighted by Crippen LogP contribution is -2.56. The Morgan fingerprint density at radius 3 is 2.16 bits per heavy atom. The fourth-order valence-electron chi connectivity index (χ4n) is 5.77. The number of carbonyl (C=O) groups excluding carboxylic acids is 2. The van der Waals surface area contributed by atoms with E-state index in [-0.39, 0.29) is 18.0 Å². The number of piperidine rings is 1. The monoisotopic (exact) mass is 449 g/mol. The third-order valence-corrected chi connectivity index (χ3v) is 8.27. The Hall–Kier alpha value is -2.31. The molecule has 0 saturated carbocycles. The van der Waals surface area contributed by atoms with Crippen LogP contribution in [0.25, 0.3) is 0 Å². The van der Waals surface area contributed by atoms with E-state index in [2.05, 4.69) is 47.6 Å². The minimum atomic E-state index is -0.667. The highest BCUT2D eigenvalue weighted by Gasteiger charge is 2.59. The van der Waals surface area contributed by atoms with Crippen LogP contribution in [0.2, 0.25) is 0 Å². The third kappa shape index (κ3) is 3.54. The number of hydrogen-bond donors (Lipinski definition) is 0. The quantitative estimate of drug-likeness (QED) is 0.507. The summed E-state index contributed by atoms with van der Waals surface area (Å²) >= 11 is 1.75. The fourth-order valence-corrected chi connectivity index (χ4v) is 6.18. The van der Waals surface area contributed by atoms with Crippen molar-refractivity contribution in [3.63, 3.8) is 0 Å². The zero-order chi connectivity index (χ0) is 22.3. The number of hydrogen-bond acceptors (Lipinski definition) is 4. The number of fused-ring (bicyclic) bond motifs is 1. The lowest BCUT2D eigenvalue weighted by Gasteiger charge is -2.42. The van der Waals surface area contributed by atoms with Crippen molar-refractivity contribution in [3.8, 4) is 0 Å². The zero-order valence-corrected chi connectivity index (χ0v) is 19.7. The van der Waals surface area contributed by atoms with E-state index in [0.29, 0.717) is 19.4 Å². The summed E-state index contributed by atoms with van der Waals surface area (Å²) in [5.74, 6) is 0.0335. The Balaban J connectivity index is 1.30. The summed E-state index contributed by atoms with van der Waals surface area (Å²) in [5.41, 5.74) is 3.17. The molecular formula is C26H31N3O2S. The maximum Gasteiger partial charge on any atom is 0.327 e. The Morgan fingerprint density at radius 2 is 1.59 bits per heavy atom. The summed E-state index contributed by atoms with van der Waals surface area (Å²) < 4.78 is 0. The molecule has 1 aliphatic carbocycles. The van der Waals surface area contributed by atoms with E-state index < -0.39 is 5.54 Å². The van der Waals surface area contributed by atoms with Crippen LogP contribution < -0.4 is 0 Å². The second-order valence-corrected chi connectivity index (χ2v) is 10.1. The van der Waals surface area contributed by atoms with Crippen molar-refractivity contribution >= 4 is 23.7 Å². The molecule has 2 aromatic rings. The number of likely N-dealkylation sites (N-methyl/N-ethyl adjacent to an activating group) is 1. The molecule has 2 fully saturated rings. The first-order chi connectivity index (χ1) is 15.6. The fraction of sp³-hybridized carbons (Fsp3) is 0.462. The van der Waals surface area contributed by atoms with Gasteiger partial charge in [0.05, 0.1) is 0 Å². The molecule has 0 unspecified atom stereocenters. The summed E-state index contributed by atoms with van der Waals surface area (Å²) in [6.07, 6.45) is 5.07. The summed E-state index contributed by atoms with van der Waals surface area (Å²) in [7, 11) is 0. The van der Waals surface area contributed by atoms with Crippen LogP contribution >= 0.6 is 11.8 Å². The van der Waals surface area contributed by atoms with Gasteiger partial charge in [-0.15, -0.1) is 11.8 Å². The maximum atomic E-state index is 13.8. The molecule has 0 N–H and O–H groups in total. The first-order valence-corrected chi connectivity index (χ1v) is 12.9. The van der Waals surface area contributed by atoms with Crippen molar-refractivity contribution in [3.05, 3.63) is 65.2 Å². The molecule has 0 radical (unpaired) electrons.